The predicted molar refractivity (Wildman–Crippen MR) is 69.2 cm³/mol. The van der Waals surface area contributed by atoms with Crippen molar-refractivity contribution in [1.29, 1.82) is 0 Å². The van der Waals surface area contributed by atoms with Gasteiger partial charge in [0, 0.05) is 13.6 Å². The van der Waals surface area contributed by atoms with Gasteiger partial charge in [0.15, 0.2) is 0 Å². The van der Waals surface area contributed by atoms with Gasteiger partial charge in [0.25, 0.3) is 0 Å². The summed E-state index contributed by atoms with van der Waals surface area (Å²) in [5.74, 6) is 0.489. The molecule has 0 saturated heterocycles. The summed E-state index contributed by atoms with van der Waals surface area (Å²) in [6, 6.07) is 2.07. The maximum Gasteiger partial charge on any atom is 0.416 e. The molecule has 1 aliphatic rings. The van der Waals surface area contributed by atoms with E-state index in [-0.39, 0.29) is 17.1 Å². The van der Waals surface area contributed by atoms with Crippen LogP contribution in [0.1, 0.15) is 31.7 Å². The first-order valence-electron chi connectivity index (χ1n) is 6.33. The zero-order chi connectivity index (χ0) is 14.1. The van der Waals surface area contributed by atoms with Gasteiger partial charge in [-0.2, -0.15) is 13.2 Å². The van der Waals surface area contributed by atoms with Gasteiger partial charge in [0.2, 0.25) is 0 Å². The summed E-state index contributed by atoms with van der Waals surface area (Å²) in [6.45, 7) is 2.79. The first-order valence-corrected chi connectivity index (χ1v) is 6.33. The summed E-state index contributed by atoms with van der Waals surface area (Å²) in [7, 11) is 1.56. The second-order valence-corrected chi connectivity index (χ2v) is 5.39. The quantitative estimate of drug-likeness (QED) is 0.877. The maximum absolute atomic E-state index is 12.8. The number of anilines is 2. The van der Waals surface area contributed by atoms with Crippen molar-refractivity contribution in [3.05, 3.63) is 17.7 Å². The number of alkyl halides is 3. The highest BCUT2D eigenvalue weighted by atomic mass is 19.4. The van der Waals surface area contributed by atoms with E-state index >= 15 is 0 Å². The van der Waals surface area contributed by atoms with Crippen molar-refractivity contribution in [1.82, 2.24) is 4.98 Å². The van der Waals surface area contributed by atoms with E-state index in [1.54, 1.807) is 7.05 Å². The smallest absolute Gasteiger partial charge is 0.373 e. The van der Waals surface area contributed by atoms with E-state index in [9.17, 15) is 13.2 Å². The lowest BCUT2D eigenvalue weighted by Gasteiger charge is -2.38. The van der Waals surface area contributed by atoms with Crippen LogP contribution in [-0.4, -0.2) is 18.6 Å². The summed E-state index contributed by atoms with van der Waals surface area (Å²) < 4.78 is 38.3. The molecule has 0 aromatic carbocycles. The highest BCUT2D eigenvalue weighted by molar-refractivity contribution is 5.49. The Kier molecular flexibility index (Phi) is 3.60. The van der Waals surface area contributed by atoms with E-state index in [4.69, 9.17) is 0 Å². The average molecular weight is 273 g/mol. The monoisotopic (exact) mass is 273 g/mol. The van der Waals surface area contributed by atoms with Gasteiger partial charge in [0.1, 0.15) is 11.6 Å². The number of pyridine rings is 1. The SMILES string of the molecule is CNc1cc(C(F)(F)F)cc(NCC2(C)CCC2)n1. The number of hydrogen-bond acceptors (Lipinski definition) is 3. The van der Waals surface area contributed by atoms with Crippen LogP contribution in [0.2, 0.25) is 0 Å². The normalized spacial score (nSPS) is 17.7. The standard InChI is InChI=1S/C13H18F3N3/c1-12(4-3-5-12)8-18-11-7-9(13(14,15)16)6-10(17-2)19-11/h6-7H,3-5,8H2,1-2H3,(H2,17,18,19). The molecule has 3 nitrogen and oxygen atoms in total. The molecule has 0 aliphatic heterocycles. The Morgan fingerprint density at radius 1 is 1.26 bits per heavy atom. The second-order valence-electron chi connectivity index (χ2n) is 5.39. The molecule has 2 rings (SSSR count). The first kappa shape index (κ1) is 14.0. The van der Waals surface area contributed by atoms with Crippen molar-refractivity contribution in [2.75, 3.05) is 24.2 Å². The molecule has 106 valence electrons. The van der Waals surface area contributed by atoms with E-state index < -0.39 is 11.7 Å². The van der Waals surface area contributed by atoms with Crippen molar-refractivity contribution < 1.29 is 13.2 Å². The molecule has 6 heteroatoms. The third-order valence-corrected chi connectivity index (χ3v) is 3.67. The number of halogens is 3. The van der Waals surface area contributed by atoms with Gasteiger partial charge in [0.05, 0.1) is 5.56 Å². The highest BCUT2D eigenvalue weighted by Gasteiger charge is 2.33. The topological polar surface area (TPSA) is 37.0 Å². The minimum Gasteiger partial charge on any atom is -0.373 e. The number of nitrogens with zero attached hydrogens (tertiary/aromatic N) is 1. The van der Waals surface area contributed by atoms with Crippen LogP contribution in [0.3, 0.4) is 0 Å². The Morgan fingerprint density at radius 3 is 2.37 bits per heavy atom. The number of nitrogens with one attached hydrogen (secondary N) is 2. The van der Waals surface area contributed by atoms with Gasteiger partial charge in [-0.3, -0.25) is 0 Å². The zero-order valence-corrected chi connectivity index (χ0v) is 11.1. The Morgan fingerprint density at radius 2 is 1.89 bits per heavy atom. The van der Waals surface area contributed by atoms with E-state index in [0.29, 0.717) is 6.54 Å². The van der Waals surface area contributed by atoms with Crippen LogP contribution >= 0.6 is 0 Å². The van der Waals surface area contributed by atoms with Gasteiger partial charge in [-0.1, -0.05) is 13.3 Å². The minimum absolute atomic E-state index is 0.190. The predicted octanol–water partition coefficient (Wildman–Crippen LogP) is 3.74. The number of hydrogen-bond donors (Lipinski definition) is 2. The highest BCUT2D eigenvalue weighted by Crippen LogP contribution is 2.40. The van der Waals surface area contributed by atoms with Crippen molar-refractivity contribution in [2.24, 2.45) is 5.41 Å². The molecule has 1 fully saturated rings. The van der Waals surface area contributed by atoms with Gasteiger partial charge >= 0.3 is 6.18 Å². The van der Waals surface area contributed by atoms with Crippen LogP contribution in [-0.2, 0) is 6.18 Å². The molecule has 0 atom stereocenters. The molecule has 1 heterocycles. The van der Waals surface area contributed by atoms with E-state index in [1.165, 1.54) is 6.42 Å². The minimum atomic E-state index is -4.36. The summed E-state index contributed by atoms with van der Waals surface area (Å²) in [6.07, 6.45) is -0.947. The second kappa shape index (κ2) is 4.90. The molecule has 0 amide bonds. The van der Waals surface area contributed by atoms with E-state index in [0.717, 1.165) is 25.0 Å². The lowest BCUT2D eigenvalue weighted by molar-refractivity contribution is -0.137. The molecular weight excluding hydrogens is 255 g/mol. The molecule has 2 N–H and O–H groups in total. The van der Waals surface area contributed by atoms with Crippen LogP contribution in [0, 0.1) is 5.41 Å². The molecule has 19 heavy (non-hydrogen) atoms. The third kappa shape index (κ3) is 3.30. The molecule has 1 aromatic rings. The molecule has 0 unspecified atom stereocenters. The molecule has 0 spiro atoms. The van der Waals surface area contributed by atoms with Crippen molar-refractivity contribution in [3.63, 3.8) is 0 Å². The number of aromatic nitrogens is 1. The van der Waals surface area contributed by atoms with Crippen LogP contribution in [0.5, 0.6) is 0 Å². The average Bonchev–Trinajstić information content (AvgIpc) is 2.32. The Labute approximate surface area is 110 Å². The molecule has 1 aromatic heterocycles. The zero-order valence-electron chi connectivity index (χ0n) is 11.1. The number of rotatable bonds is 4. The van der Waals surface area contributed by atoms with Crippen LogP contribution in [0.15, 0.2) is 12.1 Å². The fourth-order valence-electron chi connectivity index (χ4n) is 2.17. The molecule has 1 aliphatic carbocycles. The summed E-state index contributed by atoms with van der Waals surface area (Å²) >= 11 is 0. The van der Waals surface area contributed by atoms with Crippen LogP contribution < -0.4 is 10.6 Å². The fourth-order valence-corrected chi connectivity index (χ4v) is 2.17. The molecule has 0 bridgehead atoms. The van der Waals surface area contributed by atoms with Gasteiger partial charge in [-0.25, -0.2) is 4.98 Å². The maximum atomic E-state index is 12.8. The largest absolute Gasteiger partial charge is 0.416 e. The van der Waals surface area contributed by atoms with Crippen molar-refractivity contribution >= 4 is 11.6 Å². The van der Waals surface area contributed by atoms with Gasteiger partial charge in [-0.15, -0.1) is 0 Å². The lowest BCUT2D eigenvalue weighted by atomic mass is 9.70. The third-order valence-electron chi connectivity index (χ3n) is 3.67. The van der Waals surface area contributed by atoms with Crippen LogP contribution in [0.4, 0.5) is 24.8 Å². The Bertz CT molecular complexity index is 453. The first-order chi connectivity index (χ1) is 8.82. The summed E-state index contributed by atoms with van der Waals surface area (Å²) in [5, 5.41) is 5.68. The summed E-state index contributed by atoms with van der Waals surface area (Å²) in [4.78, 5) is 4.10. The Hall–Kier alpha value is -1.46. The molecule has 0 radical (unpaired) electrons. The van der Waals surface area contributed by atoms with E-state index in [2.05, 4.69) is 22.5 Å². The Balaban J connectivity index is 2.15. The fraction of sp³-hybridized carbons (Fsp3) is 0.615. The lowest BCUT2D eigenvalue weighted by Crippen LogP contribution is -2.33. The summed E-state index contributed by atoms with van der Waals surface area (Å²) in [5.41, 5.74) is -0.497. The van der Waals surface area contributed by atoms with Gasteiger partial charge < -0.3 is 10.6 Å². The molecule has 1 saturated carbocycles. The van der Waals surface area contributed by atoms with Crippen molar-refractivity contribution in [3.8, 4) is 0 Å². The van der Waals surface area contributed by atoms with Crippen molar-refractivity contribution in [2.45, 2.75) is 32.4 Å². The molecular formula is C13H18F3N3. The van der Waals surface area contributed by atoms with E-state index in [1.807, 2.05) is 0 Å². The van der Waals surface area contributed by atoms with Crippen LogP contribution in [0.25, 0.3) is 0 Å². The van der Waals surface area contributed by atoms with Gasteiger partial charge in [-0.05, 0) is 30.4 Å².